The van der Waals surface area contributed by atoms with Gasteiger partial charge in [0.1, 0.15) is 0 Å². The Morgan fingerprint density at radius 2 is 1.68 bits per heavy atom. The van der Waals surface area contributed by atoms with Gasteiger partial charge in [0.25, 0.3) is 0 Å². The van der Waals surface area contributed by atoms with Crippen LogP contribution in [0.4, 0.5) is 5.69 Å². The fourth-order valence-electron chi connectivity index (χ4n) is 2.62. The van der Waals surface area contributed by atoms with E-state index in [4.69, 9.17) is 21.7 Å². The highest BCUT2D eigenvalue weighted by atomic mass is 32.1. The Hall–Kier alpha value is -2.27. The summed E-state index contributed by atoms with van der Waals surface area (Å²) in [4.78, 5) is 2.02. The monoisotopic (exact) mass is 358 g/mol. The molecule has 134 valence electrons. The van der Waals surface area contributed by atoms with E-state index in [2.05, 4.69) is 32.2 Å². The Morgan fingerprint density at radius 1 is 1.04 bits per heavy atom. The number of aryl methyl sites for hydroxylation is 2. The smallest absolute Gasteiger partial charge is 0.173 e. The van der Waals surface area contributed by atoms with E-state index in [1.165, 1.54) is 11.1 Å². The highest BCUT2D eigenvalue weighted by molar-refractivity contribution is 7.80. The van der Waals surface area contributed by atoms with Gasteiger partial charge in [0.05, 0.1) is 14.2 Å². The fraction of sp³-hybridized carbons (Fsp3) is 0.350. The summed E-state index contributed by atoms with van der Waals surface area (Å²) in [5.74, 6) is 1.47. The lowest BCUT2D eigenvalue weighted by atomic mass is 10.1. The highest BCUT2D eigenvalue weighted by Gasteiger charge is 2.13. The van der Waals surface area contributed by atoms with Crippen molar-refractivity contribution < 1.29 is 9.47 Å². The summed E-state index contributed by atoms with van der Waals surface area (Å²) in [7, 11) is 5.27. The van der Waals surface area contributed by atoms with E-state index in [0.717, 1.165) is 28.3 Å². The first kappa shape index (κ1) is 19.1. The molecule has 0 unspecified atom stereocenters. The maximum Gasteiger partial charge on any atom is 0.173 e. The number of rotatable bonds is 5. The highest BCUT2D eigenvalue weighted by Crippen LogP contribution is 2.30. The third-order valence-corrected chi connectivity index (χ3v) is 4.86. The number of methoxy groups -OCH3 is 2. The minimum atomic E-state index is 0.683. The number of hydrogen-bond acceptors (Lipinski definition) is 3. The van der Waals surface area contributed by atoms with Gasteiger partial charge in [-0.3, -0.25) is 0 Å². The van der Waals surface area contributed by atoms with Crippen LogP contribution in [0.1, 0.15) is 22.3 Å². The van der Waals surface area contributed by atoms with Crippen LogP contribution in [0.5, 0.6) is 11.5 Å². The van der Waals surface area contributed by atoms with E-state index in [1.807, 2.05) is 36.2 Å². The standard InChI is InChI=1S/C20H26N2O2S/c1-13-8-7-9-17(15(13)3)21-20(25)22(4)12-16-11-19(24-6)18(23-5)10-14(16)2/h7-11H,12H2,1-6H3,(H,21,25). The first-order chi connectivity index (χ1) is 11.9. The molecule has 4 nitrogen and oxygen atoms in total. The molecule has 0 amide bonds. The number of ether oxygens (including phenoxy) is 2. The van der Waals surface area contributed by atoms with Crippen molar-refractivity contribution in [3.8, 4) is 11.5 Å². The van der Waals surface area contributed by atoms with E-state index in [0.29, 0.717) is 11.7 Å². The third kappa shape index (κ3) is 4.42. The first-order valence-corrected chi connectivity index (χ1v) is 8.58. The van der Waals surface area contributed by atoms with Gasteiger partial charge >= 0.3 is 0 Å². The number of nitrogens with zero attached hydrogens (tertiary/aromatic N) is 1. The Morgan fingerprint density at radius 3 is 2.32 bits per heavy atom. The summed E-state index contributed by atoms with van der Waals surface area (Å²) in [5.41, 5.74) is 5.77. The second-order valence-electron chi connectivity index (χ2n) is 6.17. The van der Waals surface area contributed by atoms with Crippen LogP contribution < -0.4 is 14.8 Å². The van der Waals surface area contributed by atoms with Crippen LogP contribution >= 0.6 is 12.2 Å². The molecular weight excluding hydrogens is 332 g/mol. The summed E-state index contributed by atoms with van der Waals surface area (Å²) >= 11 is 5.57. The Balaban J connectivity index is 2.15. The number of hydrogen-bond donors (Lipinski definition) is 1. The Bertz CT molecular complexity index is 775. The van der Waals surface area contributed by atoms with Gasteiger partial charge in [-0.15, -0.1) is 0 Å². The molecule has 2 aromatic rings. The normalized spacial score (nSPS) is 10.3. The van der Waals surface area contributed by atoms with E-state index in [9.17, 15) is 0 Å². The molecular formula is C20H26N2O2S. The summed E-state index contributed by atoms with van der Waals surface area (Å²) < 4.78 is 10.8. The second-order valence-corrected chi connectivity index (χ2v) is 6.55. The summed E-state index contributed by atoms with van der Waals surface area (Å²) in [6.45, 7) is 6.94. The predicted molar refractivity (Wildman–Crippen MR) is 108 cm³/mol. The van der Waals surface area contributed by atoms with Crippen LogP contribution in [0.2, 0.25) is 0 Å². The van der Waals surface area contributed by atoms with Crippen molar-refractivity contribution in [1.82, 2.24) is 4.90 Å². The number of thiocarbonyl (C=S) groups is 1. The van der Waals surface area contributed by atoms with Gasteiger partial charge in [0.2, 0.25) is 0 Å². The number of nitrogens with one attached hydrogen (secondary N) is 1. The van der Waals surface area contributed by atoms with Crippen molar-refractivity contribution in [3.05, 3.63) is 52.6 Å². The van der Waals surface area contributed by atoms with Crippen molar-refractivity contribution in [2.75, 3.05) is 26.6 Å². The van der Waals surface area contributed by atoms with E-state index < -0.39 is 0 Å². The quantitative estimate of drug-likeness (QED) is 0.798. The molecule has 0 radical (unpaired) electrons. The number of benzene rings is 2. The summed E-state index contributed by atoms with van der Waals surface area (Å²) in [6, 6.07) is 10.2. The maximum atomic E-state index is 5.57. The lowest BCUT2D eigenvalue weighted by Gasteiger charge is -2.23. The minimum absolute atomic E-state index is 0.683. The van der Waals surface area contributed by atoms with Gasteiger partial charge in [-0.25, -0.2) is 0 Å². The van der Waals surface area contributed by atoms with Crippen molar-refractivity contribution in [3.63, 3.8) is 0 Å². The predicted octanol–water partition coefficient (Wildman–Crippen LogP) is 4.46. The van der Waals surface area contributed by atoms with Crippen molar-refractivity contribution in [2.45, 2.75) is 27.3 Å². The maximum absolute atomic E-state index is 5.57. The molecule has 0 fully saturated rings. The van der Waals surface area contributed by atoms with Crippen molar-refractivity contribution >= 4 is 23.0 Å². The number of anilines is 1. The molecule has 0 bridgehead atoms. The van der Waals surface area contributed by atoms with Crippen LogP contribution in [0.3, 0.4) is 0 Å². The average molecular weight is 359 g/mol. The van der Waals surface area contributed by atoms with E-state index in [1.54, 1.807) is 14.2 Å². The molecule has 2 aromatic carbocycles. The molecule has 0 heterocycles. The van der Waals surface area contributed by atoms with Gasteiger partial charge < -0.3 is 19.7 Å². The average Bonchev–Trinajstić information content (AvgIpc) is 2.60. The van der Waals surface area contributed by atoms with Gasteiger partial charge in [0.15, 0.2) is 16.6 Å². The molecule has 0 saturated heterocycles. The van der Waals surface area contributed by atoms with Gasteiger partial charge in [-0.2, -0.15) is 0 Å². The van der Waals surface area contributed by atoms with Gasteiger partial charge in [-0.05, 0) is 73.4 Å². The molecule has 0 atom stereocenters. The largest absolute Gasteiger partial charge is 0.493 e. The molecule has 0 aliphatic heterocycles. The molecule has 2 rings (SSSR count). The molecule has 5 heteroatoms. The zero-order valence-corrected chi connectivity index (χ0v) is 16.6. The Kier molecular flexibility index (Phi) is 6.26. The molecule has 0 aliphatic rings. The molecule has 25 heavy (non-hydrogen) atoms. The fourth-order valence-corrected chi connectivity index (χ4v) is 2.79. The minimum Gasteiger partial charge on any atom is -0.493 e. The molecule has 0 aliphatic carbocycles. The first-order valence-electron chi connectivity index (χ1n) is 8.17. The zero-order valence-electron chi connectivity index (χ0n) is 15.8. The second kappa shape index (κ2) is 8.21. The third-order valence-electron chi connectivity index (χ3n) is 4.44. The molecule has 0 saturated carbocycles. The van der Waals surface area contributed by atoms with Crippen LogP contribution in [-0.2, 0) is 6.54 Å². The van der Waals surface area contributed by atoms with Crippen LogP contribution in [0.25, 0.3) is 0 Å². The van der Waals surface area contributed by atoms with Gasteiger partial charge in [0, 0.05) is 19.3 Å². The Labute approximate surface area is 155 Å². The van der Waals surface area contributed by atoms with Crippen LogP contribution in [-0.4, -0.2) is 31.3 Å². The summed E-state index contributed by atoms with van der Waals surface area (Å²) in [6.07, 6.45) is 0. The lowest BCUT2D eigenvalue weighted by molar-refractivity contribution is 0.353. The van der Waals surface area contributed by atoms with E-state index >= 15 is 0 Å². The molecule has 0 aromatic heterocycles. The van der Waals surface area contributed by atoms with Crippen LogP contribution in [0.15, 0.2) is 30.3 Å². The SMILES string of the molecule is COc1cc(C)c(CN(C)C(=S)Nc2cccc(C)c2C)cc1OC. The van der Waals surface area contributed by atoms with Crippen LogP contribution in [0, 0.1) is 20.8 Å². The molecule has 0 spiro atoms. The zero-order chi connectivity index (χ0) is 18.6. The topological polar surface area (TPSA) is 33.7 Å². The molecule has 1 N–H and O–H groups in total. The van der Waals surface area contributed by atoms with E-state index in [-0.39, 0.29) is 0 Å². The van der Waals surface area contributed by atoms with Crippen molar-refractivity contribution in [2.24, 2.45) is 0 Å². The van der Waals surface area contributed by atoms with Gasteiger partial charge in [-0.1, -0.05) is 12.1 Å². The summed E-state index contributed by atoms with van der Waals surface area (Å²) in [5, 5.41) is 4.03. The lowest BCUT2D eigenvalue weighted by Crippen LogP contribution is -2.31. The van der Waals surface area contributed by atoms with Crippen molar-refractivity contribution in [1.29, 1.82) is 0 Å².